The zero-order valence-corrected chi connectivity index (χ0v) is 37.2. The summed E-state index contributed by atoms with van der Waals surface area (Å²) in [6, 6.07) is 85.2. The maximum atomic E-state index is 7.05. The van der Waals surface area contributed by atoms with Crippen molar-refractivity contribution in [1.82, 2.24) is 0 Å². The monoisotopic (exact) mass is 868 g/mol. The summed E-state index contributed by atoms with van der Waals surface area (Å²) in [5, 5.41) is 2.15. The van der Waals surface area contributed by atoms with Gasteiger partial charge >= 0.3 is 0 Å². The molecule has 2 heteroatoms. The average Bonchev–Trinajstić information content (AvgIpc) is 4.01. The van der Waals surface area contributed by atoms with E-state index >= 15 is 0 Å². The standard InChI is InChI=1S/C66H44O2/c1-5-15-43(16-6-1)51-37-52(44-17-7-2-8-18-44)40-55(39-51)47-27-31-49(32-28-47)57-23-13-25-59-61-35-36-62-60-26-14-24-58(64(60)68-66(62)65(61)67-63(57)59)50-33-29-48(30-34-50)56-41-53(45-19-9-3-10-20-45)38-54(42-56)46-21-11-4-12-22-46/h1-42,59,63H. The number of furan rings is 1. The van der Waals surface area contributed by atoms with Crippen LogP contribution < -0.4 is 4.74 Å². The van der Waals surface area contributed by atoms with Crippen LogP contribution in [-0.4, -0.2) is 6.10 Å². The SMILES string of the molecule is C1=CC2c3ccc4c(oc5c(-c6ccc(-c7cc(-c8ccccc8)cc(-c8ccccc8)c7)cc6)cccc54)c3OC2C(c2ccc(-c3cc(-c4ccccc4)cc(-c4ccccc4)c3)cc2)=C1. The van der Waals surface area contributed by atoms with E-state index in [4.69, 9.17) is 9.15 Å². The molecular formula is C66H44O2. The molecule has 13 rings (SSSR count). The molecule has 0 spiro atoms. The van der Waals surface area contributed by atoms with Gasteiger partial charge in [-0.05, 0) is 120 Å². The van der Waals surface area contributed by atoms with Gasteiger partial charge in [-0.15, -0.1) is 0 Å². The lowest BCUT2D eigenvalue weighted by Crippen LogP contribution is -2.21. The van der Waals surface area contributed by atoms with Crippen molar-refractivity contribution in [3.05, 3.63) is 266 Å². The molecule has 0 saturated carbocycles. The van der Waals surface area contributed by atoms with Crippen molar-refractivity contribution in [2.45, 2.75) is 12.0 Å². The minimum atomic E-state index is -0.166. The van der Waals surface area contributed by atoms with Crippen LogP contribution in [-0.2, 0) is 0 Å². The zero-order valence-electron chi connectivity index (χ0n) is 37.2. The lowest BCUT2D eigenvalue weighted by Gasteiger charge is -2.23. The minimum Gasteiger partial charge on any atom is -0.480 e. The largest absolute Gasteiger partial charge is 0.480 e. The van der Waals surface area contributed by atoms with Crippen molar-refractivity contribution >= 4 is 27.5 Å². The predicted molar refractivity (Wildman–Crippen MR) is 282 cm³/mol. The third kappa shape index (κ3) is 7.06. The van der Waals surface area contributed by atoms with Crippen LogP contribution in [0, 0.1) is 0 Å². The van der Waals surface area contributed by atoms with Gasteiger partial charge in [0.15, 0.2) is 11.3 Å². The lowest BCUT2D eigenvalue weighted by molar-refractivity contribution is 0.278. The van der Waals surface area contributed by atoms with E-state index in [2.05, 4.69) is 255 Å². The highest BCUT2D eigenvalue weighted by atomic mass is 16.5. The van der Waals surface area contributed by atoms with Crippen molar-refractivity contribution in [3.63, 3.8) is 0 Å². The number of ether oxygens (including phenoxy) is 1. The molecular weight excluding hydrogens is 825 g/mol. The summed E-state index contributed by atoms with van der Waals surface area (Å²) in [6.45, 7) is 0. The first-order valence-electron chi connectivity index (χ1n) is 23.5. The van der Waals surface area contributed by atoms with E-state index in [1.807, 2.05) is 0 Å². The second-order valence-corrected chi connectivity index (χ2v) is 17.9. The Kier molecular flexibility index (Phi) is 9.68. The summed E-state index contributed by atoms with van der Waals surface area (Å²) < 4.78 is 14.0. The molecule has 320 valence electrons. The summed E-state index contributed by atoms with van der Waals surface area (Å²) >= 11 is 0. The Morgan fingerprint density at radius 2 is 0.721 bits per heavy atom. The molecule has 1 aliphatic heterocycles. The van der Waals surface area contributed by atoms with Crippen LogP contribution in [0.4, 0.5) is 0 Å². The van der Waals surface area contributed by atoms with E-state index in [0.717, 1.165) is 55.5 Å². The molecule has 2 heterocycles. The van der Waals surface area contributed by atoms with Crippen LogP contribution >= 0.6 is 0 Å². The molecule has 11 aromatic rings. The van der Waals surface area contributed by atoms with Crippen LogP contribution in [0.5, 0.6) is 5.75 Å². The third-order valence-corrected chi connectivity index (χ3v) is 13.9. The second kappa shape index (κ2) is 16.6. The predicted octanol–water partition coefficient (Wildman–Crippen LogP) is 17.8. The first-order valence-corrected chi connectivity index (χ1v) is 23.5. The fourth-order valence-electron chi connectivity index (χ4n) is 10.4. The van der Waals surface area contributed by atoms with E-state index in [-0.39, 0.29) is 12.0 Å². The molecule has 0 amide bonds. The summed E-state index contributed by atoms with van der Waals surface area (Å²) in [6.07, 6.45) is 6.50. The number of fused-ring (bicyclic) bond motifs is 7. The van der Waals surface area contributed by atoms with E-state index in [1.165, 1.54) is 66.8 Å². The van der Waals surface area contributed by atoms with Crippen LogP contribution in [0.15, 0.2) is 259 Å². The summed E-state index contributed by atoms with van der Waals surface area (Å²) in [5.41, 5.74) is 21.6. The van der Waals surface area contributed by atoms with Crippen LogP contribution in [0.1, 0.15) is 17.0 Å². The van der Waals surface area contributed by atoms with E-state index in [0.29, 0.717) is 0 Å². The summed E-state index contributed by atoms with van der Waals surface area (Å²) in [7, 11) is 0. The Bertz CT molecular complexity index is 3600. The maximum absolute atomic E-state index is 7.05. The third-order valence-electron chi connectivity index (χ3n) is 13.9. The molecule has 2 nitrogen and oxygen atoms in total. The van der Waals surface area contributed by atoms with Crippen molar-refractivity contribution in [1.29, 1.82) is 0 Å². The molecule has 2 unspecified atom stereocenters. The van der Waals surface area contributed by atoms with Crippen molar-refractivity contribution in [3.8, 4) is 83.6 Å². The molecule has 0 saturated heterocycles. The Morgan fingerprint density at radius 3 is 1.19 bits per heavy atom. The fourth-order valence-corrected chi connectivity index (χ4v) is 10.4. The van der Waals surface area contributed by atoms with Gasteiger partial charge in [-0.1, -0.05) is 212 Å². The number of hydrogen-bond acceptors (Lipinski definition) is 2. The zero-order chi connectivity index (χ0) is 45.0. The van der Waals surface area contributed by atoms with Crippen molar-refractivity contribution < 1.29 is 9.15 Å². The van der Waals surface area contributed by atoms with E-state index < -0.39 is 0 Å². The van der Waals surface area contributed by atoms with Gasteiger partial charge < -0.3 is 9.15 Å². The number of para-hydroxylation sites is 1. The van der Waals surface area contributed by atoms with Crippen molar-refractivity contribution in [2.75, 3.05) is 0 Å². The van der Waals surface area contributed by atoms with Crippen LogP contribution in [0.3, 0.4) is 0 Å². The Labute approximate surface area is 396 Å². The molecule has 0 N–H and O–H groups in total. The number of rotatable bonds is 8. The van der Waals surface area contributed by atoms with Gasteiger partial charge in [0.05, 0.1) is 0 Å². The van der Waals surface area contributed by atoms with Gasteiger partial charge in [-0.3, -0.25) is 0 Å². The fraction of sp³-hybridized carbons (Fsp3) is 0.0303. The smallest absolute Gasteiger partial charge is 0.177 e. The van der Waals surface area contributed by atoms with E-state index in [1.54, 1.807) is 0 Å². The molecule has 1 aromatic heterocycles. The average molecular weight is 869 g/mol. The molecule has 10 aromatic carbocycles. The van der Waals surface area contributed by atoms with Crippen LogP contribution in [0.25, 0.3) is 105 Å². The molecule has 0 bridgehead atoms. The first-order chi connectivity index (χ1) is 33.7. The number of hydrogen-bond donors (Lipinski definition) is 0. The summed E-state index contributed by atoms with van der Waals surface area (Å²) in [4.78, 5) is 0. The van der Waals surface area contributed by atoms with Crippen LogP contribution in [0.2, 0.25) is 0 Å². The quantitative estimate of drug-likeness (QED) is 0.152. The maximum Gasteiger partial charge on any atom is 0.177 e. The van der Waals surface area contributed by atoms with Gasteiger partial charge in [0.1, 0.15) is 11.7 Å². The number of benzene rings is 10. The molecule has 1 aliphatic carbocycles. The lowest BCUT2D eigenvalue weighted by atomic mass is 9.84. The normalized spacial score (nSPS) is 14.9. The second-order valence-electron chi connectivity index (χ2n) is 17.9. The molecule has 2 aliphatic rings. The summed E-state index contributed by atoms with van der Waals surface area (Å²) in [5.74, 6) is 0.913. The highest BCUT2D eigenvalue weighted by Crippen LogP contribution is 2.51. The van der Waals surface area contributed by atoms with Gasteiger partial charge in [0.25, 0.3) is 0 Å². The van der Waals surface area contributed by atoms with Gasteiger partial charge in [-0.2, -0.15) is 0 Å². The molecule has 2 atom stereocenters. The first kappa shape index (κ1) is 39.6. The Balaban J connectivity index is 0.809. The molecule has 68 heavy (non-hydrogen) atoms. The Morgan fingerprint density at radius 1 is 0.309 bits per heavy atom. The molecule has 0 fully saturated rings. The van der Waals surface area contributed by atoms with Gasteiger partial charge in [0, 0.05) is 33.4 Å². The molecule has 0 radical (unpaired) electrons. The van der Waals surface area contributed by atoms with Crippen molar-refractivity contribution in [2.24, 2.45) is 0 Å². The van der Waals surface area contributed by atoms with Gasteiger partial charge in [-0.25, -0.2) is 0 Å². The highest BCUT2D eigenvalue weighted by Gasteiger charge is 2.39. The van der Waals surface area contributed by atoms with E-state index in [9.17, 15) is 0 Å². The highest BCUT2D eigenvalue weighted by molar-refractivity contribution is 6.11. The topological polar surface area (TPSA) is 22.4 Å². The number of allylic oxidation sites excluding steroid dienone is 2. The Hall–Kier alpha value is -8.72. The minimum absolute atomic E-state index is 0.0769. The van der Waals surface area contributed by atoms with Gasteiger partial charge in [0.2, 0.25) is 0 Å².